The summed E-state index contributed by atoms with van der Waals surface area (Å²) >= 11 is -1.08. The van der Waals surface area contributed by atoms with Crippen molar-refractivity contribution >= 4 is 17.3 Å². The molecule has 0 aromatic heterocycles. The summed E-state index contributed by atoms with van der Waals surface area (Å²) in [6, 6.07) is 7.94. The lowest BCUT2D eigenvalue weighted by Gasteiger charge is -1.98. The van der Waals surface area contributed by atoms with E-state index in [9.17, 15) is 0 Å². The van der Waals surface area contributed by atoms with E-state index >= 15 is 0 Å². The van der Waals surface area contributed by atoms with Gasteiger partial charge >= 0.3 is 0 Å². The van der Waals surface area contributed by atoms with Crippen LogP contribution in [0.15, 0.2) is 24.3 Å². The lowest BCUT2D eigenvalue weighted by Crippen LogP contribution is -1.90. The maximum Gasteiger partial charge on any atom is 0.0346 e. The van der Waals surface area contributed by atoms with Gasteiger partial charge in [-0.25, -0.2) is 0 Å². The fourth-order valence-corrected chi connectivity index (χ4v) is 0.856. The second-order valence-electron chi connectivity index (χ2n) is 2.13. The van der Waals surface area contributed by atoms with Crippen molar-refractivity contribution in [2.45, 2.75) is 13.3 Å². The molecule has 0 aliphatic rings. The van der Waals surface area contributed by atoms with Gasteiger partial charge in [-0.1, -0.05) is 36.7 Å². The standard InChI is InChI=1S/C8H11N.HO2S/c1-2-7-5-3-4-6-8(7)9;1-3-2/h3-6H,2,9H2,1H3;3H/q;-1. The van der Waals surface area contributed by atoms with Gasteiger partial charge in [-0.2, -0.15) is 0 Å². The number of benzene rings is 1. The molecule has 1 aromatic rings. The summed E-state index contributed by atoms with van der Waals surface area (Å²) in [4.78, 5) is 0. The Labute approximate surface area is 75.2 Å². The molecule has 68 valence electrons. The minimum Gasteiger partial charge on any atom is -0.427 e. The van der Waals surface area contributed by atoms with Gasteiger partial charge in [0.05, 0.1) is 0 Å². The zero-order valence-corrected chi connectivity index (χ0v) is 7.75. The highest BCUT2D eigenvalue weighted by Crippen LogP contribution is 2.09. The lowest BCUT2D eigenvalue weighted by molar-refractivity contribution is 0.541. The van der Waals surface area contributed by atoms with Gasteiger partial charge in [0.15, 0.2) is 0 Å². The van der Waals surface area contributed by atoms with Gasteiger partial charge < -0.3 is 14.2 Å². The van der Waals surface area contributed by atoms with Crippen LogP contribution >= 0.6 is 0 Å². The van der Waals surface area contributed by atoms with Gasteiger partial charge in [0.1, 0.15) is 0 Å². The molecule has 0 amide bonds. The van der Waals surface area contributed by atoms with Crippen LogP contribution in [0.2, 0.25) is 0 Å². The van der Waals surface area contributed by atoms with Crippen LogP contribution in [0.5, 0.6) is 0 Å². The molecular weight excluding hydrogens is 174 g/mol. The number of anilines is 1. The number of thiol groups is 1. The summed E-state index contributed by atoms with van der Waals surface area (Å²) < 4.78 is 16.7. The number of nitrogens with two attached hydrogens (primary N) is 1. The second kappa shape index (κ2) is 6.67. The molecule has 12 heavy (non-hydrogen) atoms. The van der Waals surface area contributed by atoms with Crippen molar-refractivity contribution in [2.75, 3.05) is 5.73 Å². The highest BCUT2D eigenvalue weighted by Gasteiger charge is 1.90. The minimum atomic E-state index is -1.08. The molecule has 0 bridgehead atoms. The molecule has 0 saturated carbocycles. The number of hydrogen-bond acceptors (Lipinski definition) is 4. The van der Waals surface area contributed by atoms with Crippen LogP contribution in [-0.2, 0) is 26.4 Å². The zero-order chi connectivity index (χ0) is 9.40. The third kappa shape index (κ3) is 3.98. The molecule has 0 aliphatic carbocycles. The Balaban J connectivity index is 0.000000354. The first-order chi connectivity index (χ1) is 5.76. The lowest BCUT2D eigenvalue weighted by atomic mass is 10.1. The Hall–Kier alpha value is -1.03. The van der Waals surface area contributed by atoms with E-state index in [1.165, 1.54) is 5.56 Å². The molecule has 0 radical (unpaired) electrons. The van der Waals surface area contributed by atoms with Crippen LogP contribution in [0.25, 0.3) is 0 Å². The van der Waals surface area contributed by atoms with E-state index in [1.807, 2.05) is 18.2 Å². The molecule has 1 rings (SSSR count). The largest absolute Gasteiger partial charge is 0.427 e. The van der Waals surface area contributed by atoms with E-state index < -0.39 is 11.6 Å². The SMILES string of the molecule is CCc1ccccc1N.O=[SH-]=O. The molecular formula is C8H12NO2S-. The fraction of sp³-hybridized carbons (Fsp3) is 0.250. The summed E-state index contributed by atoms with van der Waals surface area (Å²) in [7, 11) is 0. The molecule has 0 heterocycles. The molecule has 4 heteroatoms. The van der Waals surface area contributed by atoms with Crippen LogP contribution in [0, 0.1) is 0 Å². The highest BCUT2D eigenvalue weighted by atomic mass is 32.1. The predicted octanol–water partition coefficient (Wildman–Crippen LogP) is 1.32. The summed E-state index contributed by atoms with van der Waals surface area (Å²) in [6.45, 7) is 2.10. The normalized spacial score (nSPS) is 8.42. The maximum atomic E-state index is 8.35. The summed E-state index contributed by atoms with van der Waals surface area (Å²) in [5.74, 6) is 0. The summed E-state index contributed by atoms with van der Waals surface area (Å²) in [5, 5.41) is 0. The topological polar surface area (TPSA) is 60.2 Å². The number of aryl methyl sites for hydroxylation is 1. The summed E-state index contributed by atoms with van der Waals surface area (Å²) in [5.41, 5.74) is 7.77. The van der Waals surface area contributed by atoms with Crippen LogP contribution < -0.4 is 5.73 Å². The van der Waals surface area contributed by atoms with Crippen LogP contribution in [0.3, 0.4) is 0 Å². The first kappa shape index (κ1) is 11.0. The smallest absolute Gasteiger partial charge is 0.0346 e. The van der Waals surface area contributed by atoms with Crippen molar-refractivity contribution in [3.8, 4) is 0 Å². The molecule has 0 unspecified atom stereocenters. The molecule has 0 spiro atoms. The summed E-state index contributed by atoms with van der Waals surface area (Å²) in [6.07, 6.45) is 1.02. The predicted molar refractivity (Wildman–Crippen MR) is 50.4 cm³/mol. The first-order valence-corrected chi connectivity index (χ1v) is 4.27. The molecule has 2 N–H and O–H groups in total. The van der Waals surface area contributed by atoms with Gasteiger partial charge in [-0.05, 0) is 18.1 Å². The van der Waals surface area contributed by atoms with E-state index in [1.54, 1.807) is 0 Å². The minimum absolute atomic E-state index is 0.903. The highest BCUT2D eigenvalue weighted by molar-refractivity contribution is 7.51. The fourth-order valence-electron chi connectivity index (χ4n) is 0.856. The molecule has 3 nitrogen and oxygen atoms in total. The van der Waals surface area contributed by atoms with Gasteiger partial charge in [0.2, 0.25) is 0 Å². The van der Waals surface area contributed by atoms with Crippen LogP contribution in [-0.4, -0.2) is 0 Å². The molecule has 0 aliphatic heterocycles. The number of rotatable bonds is 1. The Kier molecular flexibility index (Phi) is 6.09. The number of nitrogen functional groups attached to an aromatic ring is 1. The third-order valence-electron chi connectivity index (χ3n) is 1.44. The molecule has 0 atom stereocenters. The second-order valence-corrected chi connectivity index (χ2v) is 2.28. The average molecular weight is 186 g/mol. The molecule has 0 fully saturated rings. The van der Waals surface area contributed by atoms with Crippen LogP contribution in [0.1, 0.15) is 12.5 Å². The van der Waals surface area contributed by atoms with Crippen LogP contribution in [0.4, 0.5) is 5.69 Å². The molecule has 1 aromatic carbocycles. The van der Waals surface area contributed by atoms with Crippen molar-refractivity contribution < 1.29 is 8.42 Å². The Morgan fingerprint density at radius 2 is 1.83 bits per heavy atom. The Morgan fingerprint density at radius 3 is 2.17 bits per heavy atom. The number of hydrogen-bond donors (Lipinski definition) is 1. The Morgan fingerprint density at radius 1 is 1.33 bits per heavy atom. The third-order valence-corrected chi connectivity index (χ3v) is 1.44. The van der Waals surface area contributed by atoms with E-state index in [4.69, 9.17) is 14.2 Å². The zero-order valence-electron chi connectivity index (χ0n) is 6.86. The van der Waals surface area contributed by atoms with Crippen molar-refractivity contribution in [3.05, 3.63) is 29.8 Å². The maximum absolute atomic E-state index is 8.35. The van der Waals surface area contributed by atoms with Gasteiger partial charge in [-0.15, -0.1) is 0 Å². The van der Waals surface area contributed by atoms with Crippen molar-refractivity contribution in [2.24, 2.45) is 0 Å². The quantitative estimate of drug-likeness (QED) is 0.409. The van der Waals surface area contributed by atoms with E-state index in [0.717, 1.165) is 12.1 Å². The van der Waals surface area contributed by atoms with Gasteiger partial charge in [0.25, 0.3) is 0 Å². The van der Waals surface area contributed by atoms with E-state index in [2.05, 4.69) is 13.0 Å². The monoisotopic (exact) mass is 186 g/mol. The van der Waals surface area contributed by atoms with Crippen molar-refractivity contribution in [3.63, 3.8) is 0 Å². The average Bonchev–Trinajstić information content (AvgIpc) is 2.07. The van der Waals surface area contributed by atoms with E-state index in [0.29, 0.717) is 0 Å². The number of para-hydroxylation sites is 1. The first-order valence-electron chi connectivity index (χ1n) is 3.54. The Bertz CT molecular complexity index is 270. The van der Waals surface area contributed by atoms with E-state index in [-0.39, 0.29) is 0 Å². The van der Waals surface area contributed by atoms with Gasteiger partial charge in [-0.3, -0.25) is 0 Å². The molecule has 0 saturated heterocycles. The van der Waals surface area contributed by atoms with Crippen molar-refractivity contribution in [1.29, 1.82) is 0 Å². The van der Waals surface area contributed by atoms with Gasteiger partial charge in [0, 0.05) is 5.69 Å². The van der Waals surface area contributed by atoms with Crippen molar-refractivity contribution in [1.82, 2.24) is 0 Å².